The first-order valence-corrected chi connectivity index (χ1v) is 8.26. The summed E-state index contributed by atoms with van der Waals surface area (Å²) in [5.74, 6) is 0.590. The lowest BCUT2D eigenvalue weighted by molar-refractivity contribution is 0.0659. The predicted octanol–water partition coefficient (Wildman–Crippen LogP) is 0.998. The molecule has 0 aliphatic carbocycles. The minimum Gasteiger partial charge on any atom is -0.335 e. The van der Waals surface area contributed by atoms with Crippen LogP contribution in [0.25, 0.3) is 0 Å². The van der Waals surface area contributed by atoms with Gasteiger partial charge in [-0.25, -0.2) is 4.98 Å². The number of amides is 1. The molecule has 2 aliphatic rings. The van der Waals surface area contributed by atoms with Crippen molar-refractivity contribution in [3.05, 3.63) is 16.1 Å². The highest BCUT2D eigenvalue weighted by molar-refractivity contribution is 7.09. The molecule has 1 aromatic rings. The zero-order chi connectivity index (χ0) is 13.9. The summed E-state index contributed by atoms with van der Waals surface area (Å²) in [5, 5.41) is 6.46. The number of aromatic nitrogens is 1. The standard InChI is InChI=1S/C14H22N4OS/c1-17-5-7-18(8-6-17)14(19)12-10-20-13(16-12)11-3-2-4-15-9-11/h10-11,15H,2-9H2,1H3. The summed E-state index contributed by atoms with van der Waals surface area (Å²) in [6.45, 7) is 5.63. The van der Waals surface area contributed by atoms with E-state index in [0.29, 0.717) is 11.6 Å². The number of rotatable bonds is 2. The van der Waals surface area contributed by atoms with Gasteiger partial charge in [0.15, 0.2) is 0 Å². The van der Waals surface area contributed by atoms with E-state index < -0.39 is 0 Å². The van der Waals surface area contributed by atoms with E-state index in [1.807, 2.05) is 10.3 Å². The Morgan fingerprint density at radius 3 is 2.90 bits per heavy atom. The fraction of sp³-hybridized carbons (Fsp3) is 0.714. The van der Waals surface area contributed by atoms with Crippen LogP contribution in [-0.4, -0.2) is 67.0 Å². The molecule has 110 valence electrons. The van der Waals surface area contributed by atoms with Gasteiger partial charge in [0, 0.05) is 44.0 Å². The zero-order valence-corrected chi connectivity index (χ0v) is 12.8. The van der Waals surface area contributed by atoms with E-state index in [-0.39, 0.29) is 5.91 Å². The van der Waals surface area contributed by atoms with Crippen molar-refractivity contribution >= 4 is 17.2 Å². The molecule has 2 aliphatic heterocycles. The monoisotopic (exact) mass is 294 g/mol. The number of piperazine rings is 1. The van der Waals surface area contributed by atoms with E-state index in [0.717, 1.165) is 44.3 Å². The van der Waals surface area contributed by atoms with Gasteiger partial charge in [0.25, 0.3) is 5.91 Å². The van der Waals surface area contributed by atoms with Crippen LogP contribution in [-0.2, 0) is 0 Å². The smallest absolute Gasteiger partial charge is 0.273 e. The average molecular weight is 294 g/mol. The third-order valence-electron chi connectivity index (χ3n) is 4.18. The van der Waals surface area contributed by atoms with Gasteiger partial charge in [0.05, 0.1) is 5.01 Å². The van der Waals surface area contributed by atoms with E-state index in [2.05, 4.69) is 22.2 Å². The van der Waals surface area contributed by atoms with Crippen molar-refractivity contribution in [1.82, 2.24) is 20.1 Å². The molecule has 0 bridgehead atoms. The first-order chi connectivity index (χ1) is 9.74. The van der Waals surface area contributed by atoms with E-state index >= 15 is 0 Å². The molecule has 0 saturated carbocycles. The van der Waals surface area contributed by atoms with Crippen molar-refractivity contribution in [3.8, 4) is 0 Å². The van der Waals surface area contributed by atoms with Gasteiger partial charge in [-0.05, 0) is 26.4 Å². The Balaban J connectivity index is 1.65. The normalized spacial score (nSPS) is 24.9. The molecule has 0 radical (unpaired) electrons. The summed E-state index contributed by atoms with van der Waals surface area (Å²) in [6.07, 6.45) is 2.38. The fourth-order valence-electron chi connectivity index (χ4n) is 2.81. The van der Waals surface area contributed by atoms with Crippen molar-refractivity contribution in [2.45, 2.75) is 18.8 Å². The highest BCUT2D eigenvalue weighted by atomic mass is 32.1. The molecule has 2 fully saturated rings. The summed E-state index contributed by atoms with van der Waals surface area (Å²) >= 11 is 1.64. The third-order valence-corrected chi connectivity index (χ3v) is 5.18. The van der Waals surface area contributed by atoms with Gasteiger partial charge in [0.2, 0.25) is 0 Å². The molecule has 1 aromatic heterocycles. The van der Waals surface area contributed by atoms with Gasteiger partial charge in [-0.15, -0.1) is 11.3 Å². The lowest BCUT2D eigenvalue weighted by atomic mass is 10.0. The fourth-order valence-corrected chi connectivity index (χ4v) is 3.74. The molecule has 0 spiro atoms. The SMILES string of the molecule is CN1CCN(C(=O)c2csc(C3CCCNC3)n2)CC1. The first kappa shape index (κ1) is 14.0. The van der Waals surface area contributed by atoms with Crippen LogP contribution >= 0.6 is 11.3 Å². The molecular weight excluding hydrogens is 272 g/mol. The van der Waals surface area contributed by atoms with E-state index in [1.54, 1.807) is 11.3 Å². The van der Waals surface area contributed by atoms with Gasteiger partial charge in [0.1, 0.15) is 5.69 Å². The summed E-state index contributed by atoms with van der Waals surface area (Å²) in [6, 6.07) is 0. The molecule has 1 atom stereocenters. The van der Waals surface area contributed by atoms with Crippen LogP contribution in [0.3, 0.4) is 0 Å². The zero-order valence-electron chi connectivity index (χ0n) is 12.0. The second-order valence-electron chi connectivity index (χ2n) is 5.71. The maximum Gasteiger partial charge on any atom is 0.273 e. The van der Waals surface area contributed by atoms with Crippen LogP contribution in [0.5, 0.6) is 0 Å². The molecule has 1 unspecified atom stereocenters. The van der Waals surface area contributed by atoms with Crippen LogP contribution in [0.4, 0.5) is 0 Å². The van der Waals surface area contributed by atoms with E-state index in [4.69, 9.17) is 0 Å². The molecule has 2 saturated heterocycles. The second kappa shape index (κ2) is 6.20. The van der Waals surface area contributed by atoms with Crippen LogP contribution < -0.4 is 5.32 Å². The van der Waals surface area contributed by atoms with Crippen LogP contribution in [0.2, 0.25) is 0 Å². The van der Waals surface area contributed by atoms with Gasteiger partial charge in [-0.2, -0.15) is 0 Å². The lowest BCUT2D eigenvalue weighted by Gasteiger charge is -2.31. The Kier molecular flexibility index (Phi) is 4.33. The molecular formula is C14H22N4OS. The van der Waals surface area contributed by atoms with Crippen LogP contribution in [0.15, 0.2) is 5.38 Å². The molecule has 20 heavy (non-hydrogen) atoms. The number of hydrogen-bond acceptors (Lipinski definition) is 5. The summed E-state index contributed by atoms with van der Waals surface area (Å²) in [4.78, 5) is 21.2. The Morgan fingerprint density at radius 2 is 2.20 bits per heavy atom. The summed E-state index contributed by atoms with van der Waals surface area (Å²) < 4.78 is 0. The molecule has 0 aromatic carbocycles. The number of thiazole rings is 1. The number of nitrogens with one attached hydrogen (secondary N) is 1. The van der Waals surface area contributed by atoms with Crippen LogP contribution in [0.1, 0.15) is 34.3 Å². The van der Waals surface area contributed by atoms with Crippen LogP contribution in [0, 0.1) is 0 Å². The largest absolute Gasteiger partial charge is 0.335 e. The molecule has 5 nitrogen and oxygen atoms in total. The molecule has 1 N–H and O–H groups in total. The Morgan fingerprint density at radius 1 is 1.40 bits per heavy atom. The third kappa shape index (κ3) is 3.02. The number of hydrogen-bond donors (Lipinski definition) is 1. The highest BCUT2D eigenvalue weighted by Gasteiger charge is 2.24. The number of piperidine rings is 1. The highest BCUT2D eigenvalue weighted by Crippen LogP contribution is 2.26. The first-order valence-electron chi connectivity index (χ1n) is 7.38. The van der Waals surface area contributed by atoms with Gasteiger partial charge >= 0.3 is 0 Å². The van der Waals surface area contributed by atoms with E-state index in [9.17, 15) is 4.79 Å². The van der Waals surface area contributed by atoms with Crippen molar-refractivity contribution in [1.29, 1.82) is 0 Å². The predicted molar refractivity (Wildman–Crippen MR) is 80.4 cm³/mol. The number of likely N-dealkylation sites (N-methyl/N-ethyl adjacent to an activating group) is 1. The molecule has 6 heteroatoms. The van der Waals surface area contributed by atoms with Crippen molar-refractivity contribution in [2.75, 3.05) is 46.3 Å². The van der Waals surface area contributed by atoms with Crippen molar-refractivity contribution < 1.29 is 4.79 Å². The topological polar surface area (TPSA) is 48.5 Å². The van der Waals surface area contributed by atoms with E-state index in [1.165, 1.54) is 12.8 Å². The Labute approximate surface area is 124 Å². The quantitative estimate of drug-likeness (QED) is 0.884. The maximum absolute atomic E-state index is 12.4. The van der Waals surface area contributed by atoms with Gasteiger partial charge in [-0.1, -0.05) is 0 Å². The second-order valence-corrected chi connectivity index (χ2v) is 6.60. The molecule has 3 heterocycles. The lowest BCUT2D eigenvalue weighted by Crippen LogP contribution is -2.47. The molecule has 3 rings (SSSR count). The Bertz CT molecular complexity index is 461. The summed E-state index contributed by atoms with van der Waals surface area (Å²) in [7, 11) is 2.10. The summed E-state index contributed by atoms with van der Waals surface area (Å²) in [5.41, 5.74) is 0.639. The molecule has 1 amide bonds. The average Bonchev–Trinajstić information content (AvgIpc) is 2.98. The maximum atomic E-state index is 12.4. The van der Waals surface area contributed by atoms with Gasteiger partial charge < -0.3 is 15.1 Å². The number of carbonyl (C=O) groups excluding carboxylic acids is 1. The number of carbonyl (C=O) groups is 1. The van der Waals surface area contributed by atoms with Crippen molar-refractivity contribution in [2.24, 2.45) is 0 Å². The minimum atomic E-state index is 0.101. The van der Waals surface area contributed by atoms with Gasteiger partial charge in [-0.3, -0.25) is 4.79 Å². The number of nitrogens with zero attached hydrogens (tertiary/aromatic N) is 3. The minimum absolute atomic E-state index is 0.101. The Hall–Kier alpha value is -0.980. The van der Waals surface area contributed by atoms with Crippen molar-refractivity contribution in [3.63, 3.8) is 0 Å².